The van der Waals surface area contributed by atoms with Gasteiger partial charge in [-0.25, -0.2) is 0 Å². The van der Waals surface area contributed by atoms with Crippen LogP contribution in [-0.4, -0.2) is 37.8 Å². The molecule has 0 atom stereocenters. The fourth-order valence-corrected chi connectivity index (χ4v) is 11.3. The first-order valence-corrected chi connectivity index (χ1v) is 22.7. The van der Waals surface area contributed by atoms with Crippen LogP contribution in [0, 0.1) is 0 Å². The van der Waals surface area contributed by atoms with E-state index in [9.17, 15) is 0 Å². The van der Waals surface area contributed by atoms with Crippen LogP contribution in [-0.2, 0) is 0 Å². The minimum absolute atomic E-state index is 0.162. The number of fused-ring (bicyclic) bond motifs is 4. The van der Waals surface area contributed by atoms with Crippen LogP contribution < -0.4 is 24.8 Å². The molecule has 2 aromatic heterocycles. The summed E-state index contributed by atoms with van der Waals surface area (Å²) in [6, 6.07) is 61.4. The predicted octanol–water partition coefficient (Wildman–Crippen LogP) is 11.7. The van der Waals surface area contributed by atoms with E-state index in [-0.39, 0.29) is 6.04 Å². The highest BCUT2D eigenvalue weighted by molar-refractivity contribution is 8.04. The number of benzene rings is 6. The molecule has 3 aliphatic rings. The number of pyridine rings is 2. The van der Waals surface area contributed by atoms with Gasteiger partial charge in [0.05, 0.1) is 46.1 Å². The average molecular weight is 830 g/mol. The second-order valence-electron chi connectivity index (χ2n) is 15.9. The Morgan fingerprint density at radius 3 is 1.77 bits per heavy atom. The lowest BCUT2D eigenvalue weighted by molar-refractivity contribution is -0.554. The van der Waals surface area contributed by atoms with E-state index < -0.39 is 0 Å². The molecule has 1 saturated heterocycles. The summed E-state index contributed by atoms with van der Waals surface area (Å²) >= 11 is 3.67. The number of hydrogen-bond acceptors (Lipinski definition) is 6. The molecule has 0 aliphatic carbocycles. The monoisotopic (exact) mass is 829 g/mol. The van der Waals surface area contributed by atoms with Crippen LogP contribution in [0.15, 0.2) is 195 Å². The molecule has 1 fully saturated rings. The van der Waals surface area contributed by atoms with E-state index in [4.69, 9.17) is 4.99 Å². The molecule has 6 aromatic carbocycles. The van der Waals surface area contributed by atoms with E-state index in [0.29, 0.717) is 0 Å². The Morgan fingerprint density at radius 1 is 0.574 bits per heavy atom. The molecule has 0 amide bonds. The number of rotatable bonds is 6. The van der Waals surface area contributed by atoms with Gasteiger partial charge in [0.1, 0.15) is 16.7 Å². The maximum atomic E-state index is 5.67. The van der Waals surface area contributed by atoms with E-state index in [1.165, 1.54) is 64.5 Å². The van der Waals surface area contributed by atoms with Crippen molar-refractivity contribution >= 4 is 74.7 Å². The van der Waals surface area contributed by atoms with Gasteiger partial charge in [0.15, 0.2) is 0 Å². The first kappa shape index (κ1) is 37.5. The maximum Gasteiger partial charge on any atom is 0.282 e. The van der Waals surface area contributed by atoms with E-state index in [1.807, 2.05) is 23.5 Å². The van der Waals surface area contributed by atoms with Crippen LogP contribution in [0.5, 0.6) is 0 Å². The number of nitrogens with zero attached hydrogens (tertiary/aromatic N) is 6. The third-order valence-electron chi connectivity index (χ3n) is 12.2. The highest BCUT2D eigenvalue weighted by Gasteiger charge is 2.31. The third kappa shape index (κ3) is 6.90. The van der Waals surface area contributed by atoms with Crippen molar-refractivity contribution < 1.29 is 4.57 Å². The summed E-state index contributed by atoms with van der Waals surface area (Å²) in [5, 5.41) is 4.88. The summed E-state index contributed by atoms with van der Waals surface area (Å²) in [6.45, 7) is 1.79. The molecule has 0 bridgehead atoms. The Kier molecular flexibility index (Phi) is 9.75. The molecule has 0 unspecified atom stereocenters. The fraction of sp³-hybridized carbons (Fsp3) is 0.132. The van der Waals surface area contributed by atoms with Gasteiger partial charge in [-0.3, -0.25) is 14.5 Å². The standard InChI is InChI=1S/C53H45N6S2/c1-55-46-25-13-15-27-48(46)60-52(55)35-37-33-50(58(40-17-5-3-6-18-40)44-23-11-9-21-42(37)44)54-39-29-31-57(32-30-39)51-34-38(36-53-56(2)47-26-14-16-28-49(47)61-53)43-22-10-12-24-45(43)59(51)41-19-7-4-8-20-41/h3-28,33-36,39H,29-32H2,1-2H3/q+1/b52-35+,54-50?. The van der Waals surface area contributed by atoms with Gasteiger partial charge in [-0.15, -0.1) is 0 Å². The number of piperidine rings is 1. The van der Waals surface area contributed by atoms with Crippen molar-refractivity contribution in [2.45, 2.75) is 28.7 Å². The Balaban J connectivity index is 0.990. The summed E-state index contributed by atoms with van der Waals surface area (Å²) in [5.74, 6) is 1.21. The number of anilines is 3. The molecule has 11 rings (SSSR count). The molecular formula is C53H45N6S2+. The number of hydrogen-bond donors (Lipinski definition) is 0. The zero-order valence-corrected chi connectivity index (χ0v) is 35.9. The third-order valence-corrected chi connectivity index (χ3v) is 14.5. The average Bonchev–Trinajstić information content (AvgIpc) is 3.81. The van der Waals surface area contributed by atoms with Crippen molar-refractivity contribution in [3.63, 3.8) is 0 Å². The molecule has 8 aromatic rings. The molecule has 6 nitrogen and oxygen atoms in total. The van der Waals surface area contributed by atoms with Crippen molar-refractivity contribution in [1.82, 2.24) is 4.57 Å². The SMILES string of the molecule is CN1C(=Cc2cc(N3CCC(N=c4cc(/C=C5/Sc6ccccc6N5C)c5ccccc5n4-c4ccccc4)CC3)[n+](-c3ccccc3)c3ccccc23)Sc2ccccc21. The minimum atomic E-state index is 0.162. The van der Waals surface area contributed by atoms with Gasteiger partial charge < -0.3 is 9.80 Å². The lowest BCUT2D eigenvalue weighted by Crippen LogP contribution is -2.45. The molecule has 0 radical (unpaired) electrons. The second kappa shape index (κ2) is 15.8. The summed E-state index contributed by atoms with van der Waals surface area (Å²) in [7, 11) is 4.35. The molecule has 0 saturated carbocycles. The molecule has 3 aliphatic heterocycles. The summed E-state index contributed by atoms with van der Waals surface area (Å²) in [4.78, 5) is 15.5. The van der Waals surface area contributed by atoms with Crippen molar-refractivity contribution in [3.8, 4) is 11.4 Å². The van der Waals surface area contributed by atoms with Crippen LogP contribution in [0.25, 0.3) is 45.3 Å². The van der Waals surface area contributed by atoms with Crippen LogP contribution in [0.2, 0.25) is 0 Å². The van der Waals surface area contributed by atoms with E-state index in [2.05, 4.69) is 220 Å². The largest absolute Gasteiger partial charge is 0.338 e. The zero-order chi connectivity index (χ0) is 40.9. The molecule has 8 heteroatoms. The van der Waals surface area contributed by atoms with Crippen molar-refractivity contribution in [1.29, 1.82) is 0 Å². The normalized spacial score (nSPS) is 17.0. The number of thioether (sulfide) groups is 2. The van der Waals surface area contributed by atoms with Crippen LogP contribution in [0.1, 0.15) is 24.0 Å². The molecule has 298 valence electrons. The number of aromatic nitrogens is 2. The van der Waals surface area contributed by atoms with Crippen LogP contribution >= 0.6 is 23.5 Å². The van der Waals surface area contributed by atoms with Crippen molar-refractivity contribution in [3.05, 3.63) is 197 Å². The van der Waals surface area contributed by atoms with E-state index in [1.54, 1.807) is 0 Å². The minimum Gasteiger partial charge on any atom is -0.338 e. The van der Waals surface area contributed by atoms with Gasteiger partial charge in [0, 0.05) is 59.3 Å². The molecule has 61 heavy (non-hydrogen) atoms. The van der Waals surface area contributed by atoms with E-state index in [0.717, 1.165) is 48.3 Å². The van der Waals surface area contributed by atoms with Crippen molar-refractivity contribution in [2.24, 2.45) is 4.99 Å². The summed E-state index contributed by atoms with van der Waals surface area (Å²) in [5.41, 5.74) is 10.5. The topological polar surface area (TPSA) is 30.9 Å². The van der Waals surface area contributed by atoms with Gasteiger partial charge in [-0.2, -0.15) is 4.57 Å². The predicted molar refractivity (Wildman–Crippen MR) is 257 cm³/mol. The van der Waals surface area contributed by atoms with Crippen LogP contribution in [0.3, 0.4) is 0 Å². The molecular weight excluding hydrogens is 785 g/mol. The lowest BCUT2D eigenvalue weighted by Gasteiger charge is -2.28. The molecule has 0 spiro atoms. The quantitative estimate of drug-likeness (QED) is 0.156. The maximum absolute atomic E-state index is 5.67. The summed E-state index contributed by atoms with van der Waals surface area (Å²) in [6.07, 6.45) is 6.61. The Hall–Kier alpha value is -6.48. The Labute approximate surface area is 365 Å². The zero-order valence-electron chi connectivity index (χ0n) is 34.2. The Morgan fingerprint density at radius 2 is 1.11 bits per heavy atom. The van der Waals surface area contributed by atoms with Crippen LogP contribution in [0.4, 0.5) is 17.2 Å². The lowest BCUT2D eigenvalue weighted by atomic mass is 10.0. The van der Waals surface area contributed by atoms with Gasteiger partial charge in [-0.1, -0.05) is 121 Å². The van der Waals surface area contributed by atoms with E-state index >= 15 is 0 Å². The van der Waals surface area contributed by atoms with Gasteiger partial charge in [-0.05, 0) is 90.0 Å². The smallest absolute Gasteiger partial charge is 0.282 e. The molecule has 0 N–H and O–H groups in total. The van der Waals surface area contributed by atoms with Gasteiger partial charge >= 0.3 is 0 Å². The second-order valence-corrected chi connectivity index (χ2v) is 18.0. The summed E-state index contributed by atoms with van der Waals surface area (Å²) < 4.78 is 4.81. The van der Waals surface area contributed by atoms with Gasteiger partial charge in [0.25, 0.3) is 5.82 Å². The van der Waals surface area contributed by atoms with Crippen molar-refractivity contribution in [2.75, 3.05) is 41.9 Å². The van der Waals surface area contributed by atoms with Gasteiger partial charge in [0.2, 0.25) is 0 Å². The highest BCUT2D eigenvalue weighted by atomic mass is 32.2. The fourth-order valence-electron chi connectivity index (χ4n) is 9.07. The Bertz CT molecular complexity index is 3090. The first-order valence-electron chi connectivity index (χ1n) is 21.0. The molecule has 5 heterocycles. The highest BCUT2D eigenvalue weighted by Crippen LogP contribution is 2.47. The number of para-hydroxylation sites is 6. The first-order chi connectivity index (χ1) is 30.1.